The molecule has 8 heteroatoms. The Balaban J connectivity index is 1.71. The van der Waals surface area contributed by atoms with Crippen LogP contribution in [0.4, 0.5) is 5.13 Å². The number of thiazole rings is 1. The monoisotopic (exact) mass is 446 g/mol. The molecule has 1 aliphatic rings. The maximum atomic E-state index is 13.2. The highest BCUT2D eigenvalue weighted by molar-refractivity contribution is 7.22. The van der Waals surface area contributed by atoms with E-state index in [2.05, 4.69) is 4.98 Å². The van der Waals surface area contributed by atoms with Crippen LogP contribution in [0.15, 0.2) is 70.9 Å². The van der Waals surface area contributed by atoms with Crippen LogP contribution >= 0.6 is 11.3 Å². The number of ether oxygens (including phenoxy) is 1. The fourth-order valence-electron chi connectivity index (χ4n) is 3.79. The predicted octanol–water partition coefficient (Wildman–Crippen LogP) is 4.83. The van der Waals surface area contributed by atoms with E-state index in [9.17, 15) is 14.7 Å². The number of ketones is 1. The summed E-state index contributed by atoms with van der Waals surface area (Å²) >= 11 is 1.31. The number of fused-ring (bicyclic) bond motifs is 1. The van der Waals surface area contributed by atoms with Crippen molar-refractivity contribution in [2.24, 2.45) is 0 Å². The number of hydrogen-bond donors (Lipinski definition) is 1. The van der Waals surface area contributed by atoms with Gasteiger partial charge >= 0.3 is 5.91 Å². The Kier molecular flexibility index (Phi) is 4.79. The Labute approximate surface area is 187 Å². The third-order valence-corrected chi connectivity index (χ3v) is 6.36. The molecular weight excluding hydrogens is 428 g/mol. The van der Waals surface area contributed by atoms with Crippen LogP contribution in [-0.2, 0) is 9.59 Å². The number of furan rings is 1. The van der Waals surface area contributed by atoms with Gasteiger partial charge in [-0.15, -0.1) is 0 Å². The van der Waals surface area contributed by atoms with Crippen molar-refractivity contribution in [1.82, 2.24) is 4.98 Å². The van der Waals surface area contributed by atoms with Crippen molar-refractivity contribution >= 4 is 44.1 Å². The first kappa shape index (κ1) is 20.0. The lowest BCUT2D eigenvalue weighted by Crippen LogP contribution is -2.29. The highest BCUT2D eigenvalue weighted by Gasteiger charge is 2.49. The number of aliphatic hydroxyl groups excluding tert-OH is 1. The molecule has 0 radical (unpaired) electrons. The molecule has 1 atom stereocenters. The molecule has 2 aromatic heterocycles. The van der Waals surface area contributed by atoms with Crippen molar-refractivity contribution in [1.29, 1.82) is 0 Å². The highest BCUT2D eigenvalue weighted by Crippen LogP contribution is 2.44. The second-order valence-electron chi connectivity index (χ2n) is 7.38. The molecule has 1 unspecified atom stereocenters. The summed E-state index contributed by atoms with van der Waals surface area (Å²) in [6.45, 7) is 1.97. The van der Waals surface area contributed by atoms with Gasteiger partial charge in [-0.05, 0) is 48.9 Å². The molecule has 4 aromatic rings. The molecule has 0 aliphatic carbocycles. The summed E-state index contributed by atoms with van der Waals surface area (Å²) in [6, 6.07) is 14.8. The van der Waals surface area contributed by atoms with E-state index in [-0.39, 0.29) is 11.3 Å². The first-order chi connectivity index (χ1) is 15.5. The van der Waals surface area contributed by atoms with Gasteiger partial charge in [-0.3, -0.25) is 14.5 Å². The van der Waals surface area contributed by atoms with Gasteiger partial charge in [-0.2, -0.15) is 0 Å². The standard InChI is InChI=1S/C24H18N2O5S/c1-13-8-9-16-18(11-13)32-24(25-16)26-20(17-7-4-10-31-17)19(22(28)23(26)29)21(27)14-5-3-6-15(12-14)30-2/h3-12,20,27H,1-2H3. The number of hydrogen-bond acceptors (Lipinski definition) is 7. The van der Waals surface area contributed by atoms with E-state index in [0.717, 1.165) is 15.8 Å². The second-order valence-corrected chi connectivity index (χ2v) is 8.39. The van der Waals surface area contributed by atoms with Crippen LogP contribution in [0.3, 0.4) is 0 Å². The number of amides is 1. The number of methoxy groups -OCH3 is 1. The van der Waals surface area contributed by atoms with E-state index >= 15 is 0 Å². The lowest BCUT2D eigenvalue weighted by Gasteiger charge is -2.20. The van der Waals surface area contributed by atoms with Crippen LogP contribution in [0.5, 0.6) is 5.75 Å². The second kappa shape index (κ2) is 7.65. The minimum Gasteiger partial charge on any atom is -0.507 e. The molecule has 160 valence electrons. The first-order valence-electron chi connectivity index (χ1n) is 9.84. The van der Waals surface area contributed by atoms with Crippen molar-refractivity contribution < 1.29 is 23.8 Å². The van der Waals surface area contributed by atoms with Gasteiger partial charge in [0.25, 0.3) is 5.78 Å². The average Bonchev–Trinajstić information content (AvgIpc) is 3.52. The summed E-state index contributed by atoms with van der Waals surface area (Å²) in [5, 5.41) is 11.5. The number of aliphatic hydroxyl groups is 1. The van der Waals surface area contributed by atoms with E-state index < -0.39 is 17.7 Å². The molecule has 0 bridgehead atoms. The van der Waals surface area contributed by atoms with Crippen LogP contribution in [0, 0.1) is 6.92 Å². The number of aromatic nitrogens is 1. The lowest BCUT2D eigenvalue weighted by atomic mass is 9.99. The largest absolute Gasteiger partial charge is 0.507 e. The van der Waals surface area contributed by atoms with E-state index in [0.29, 0.717) is 22.2 Å². The number of Topliss-reactive ketones (excluding diaryl/α,β-unsaturated/α-hetero) is 1. The van der Waals surface area contributed by atoms with Crippen LogP contribution in [-0.4, -0.2) is 28.9 Å². The number of anilines is 1. The third kappa shape index (κ3) is 3.16. The van der Waals surface area contributed by atoms with Gasteiger partial charge in [0.05, 0.1) is 29.2 Å². The molecule has 1 fully saturated rings. The number of carbonyl (C=O) groups is 2. The minimum absolute atomic E-state index is 0.0614. The fraction of sp³-hybridized carbons (Fsp3) is 0.125. The van der Waals surface area contributed by atoms with E-state index in [1.54, 1.807) is 36.4 Å². The van der Waals surface area contributed by atoms with Gasteiger partial charge in [0, 0.05) is 5.56 Å². The molecule has 3 heterocycles. The Morgan fingerprint density at radius 3 is 2.75 bits per heavy atom. The smallest absolute Gasteiger partial charge is 0.302 e. The number of rotatable bonds is 4. The number of aryl methyl sites for hydroxylation is 1. The minimum atomic E-state index is -0.946. The summed E-state index contributed by atoms with van der Waals surface area (Å²) in [4.78, 5) is 32.2. The quantitative estimate of drug-likeness (QED) is 0.274. The van der Waals surface area contributed by atoms with Gasteiger partial charge in [0.15, 0.2) is 5.13 Å². The summed E-state index contributed by atoms with van der Waals surface area (Å²) in [5.41, 5.74) is 2.09. The van der Waals surface area contributed by atoms with E-state index in [1.807, 2.05) is 25.1 Å². The summed E-state index contributed by atoms with van der Waals surface area (Å²) in [7, 11) is 1.51. The molecule has 1 saturated heterocycles. The Hall–Kier alpha value is -3.91. The summed E-state index contributed by atoms with van der Waals surface area (Å²) < 4.78 is 11.7. The van der Waals surface area contributed by atoms with Crippen molar-refractivity contribution in [2.45, 2.75) is 13.0 Å². The summed E-state index contributed by atoms with van der Waals surface area (Å²) in [5.74, 6) is -1.01. The zero-order valence-corrected chi connectivity index (χ0v) is 18.1. The van der Waals surface area contributed by atoms with Crippen molar-refractivity contribution in [3.8, 4) is 5.75 Å². The molecule has 0 spiro atoms. The molecular formula is C24H18N2O5S. The van der Waals surface area contributed by atoms with Crippen LogP contribution in [0.1, 0.15) is 22.9 Å². The van der Waals surface area contributed by atoms with Crippen molar-refractivity contribution in [3.05, 3.63) is 83.3 Å². The van der Waals surface area contributed by atoms with Crippen LogP contribution in [0.2, 0.25) is 0 Å². The molecule has 1 N–H and O–H groups in total. The average molecular weight is 446 g/mol. The predicted molar refractivity (Wildman–Crippen MR) is 121 cm³/mol. The maximum Gasteiger partial charge on any atom is 0.302 e. The molecule has 2 aromatic carbocycles. The van der Waals surface area contributed by atoms with Gasteiger partial charge in [-0.25, -0.2) is 4.98 Å². The van der Waals surface area contributed by atoms with Crippen LogP contribution < -0.4 is 9.64 Å². The molecule has 7 nitrogen and oxygen atoms in total. The molecule has 0 saturated carbocycles. The molecule has 1 aliphatic heterocycles. The normalized spacial score (nSPS) is 17.9. The topological polar surface area (TPSA) is 92.9 Å². The Bertz CT molecular complexity index is 1390. The van der Waals surface area contributed by atoms with Crippen molar-refractivity contribution in [2.75, 3.05) is 12.0 Å². The maximum absolute atomic E-state index is 13.2. The Morgan fingerprint density at radius 2 is 2.00 bits per heavy atom. The van der Waals surface area contributed by atoms with Crippen LogP contribution in [0.25, 0.3) is 16.0 Å². The number of nitrogens with zero attached hydrogens (tertiary/aromatic N) is 2. The van der Waals surface area contributed by atoms with E-state index in [4.69, 9.17) is 9.15 Å². The summed E-state index contributed by atoms with van der Waals surface area (Å²) in [6.07, 6.45) is 1.46. The zero-order chi connectivity index (χ0) is 22.4. The van der Waals surface area contributed by atoms with Gasteiger partial charge in [0.2, 0.25) is 0 Å². The van der Waals surface area contributed by atoms with Crippen molar-refractivity contribution in [3.63, 3.8) is 0 Å². The molecule has 5 rings (SSSR count). The van der Waals surface area contributed by atoms with Gasteiger partial charge < -0.3 is 14.3 Å². The number of benzene rings is 2. The van der Waals surface area contributed by atoms with E-state index in [1.165, 1.54) is 29.6 Å². The van der Waals surface area contributed by atoms with Gasteiger partial charge in [-0.1, -0.05) is 29.5 Å². The molecule has 32 heavy (non-hydrogen) atoms. The highest BCUT2D eigenvalue weighted by atomic mass is 32.1. The zero-order valence-electron chi connectivity index (χ0n) is 17.2. The van der Waals surface area contributed by atoms with Gasteiger partial charge in [0.1, 0.15) is 23.3 Å². The Morgan fingerprint density at radius 1 is 1.16 bits per heavy atom. The third-order valence-electron chi connectivity index (χ3n) is 5.34. The first-order valence-corrected chi connectivity index (χ1v) is 10.7. The molecule has 1 amide bonds. The SMILES string of the molecule is COc1cccc(C(O)=C2C(=O)C(=O)N(c3nc4ccc(C)cc4s3)C2c2ccco2)c1. The fourth-order valence-corrected chi connectivity index (χ4v) is 4.88. The lowest BCUT2D eigenvalue weighted by molar-refractivity contribution is -0.132. The number of carbonyl (C=O) groups excluding carboxylic acids is 2.